The fourth-order valence-corrected chi connectivity index (χ4v) is 3.47. The van der Waals surface area contributed by atoms with Crippen molar-refractivity contribution in [2.45, 2.75) is 25.5 Å². The van der Waals surface area contributed by atoms with Crippen molar-refractivity contribution in [3.05, 3.63) is 34.7 Å². The Hall–Kier alpha value is -2.20. The Labute approximate surface area is 164 Å². The number of carbonyl (C=O) groups is 2. The van der Waals surface area contributed by atoms with Crippen molar-refractivity contribution in [3.8, 4) is 5.75 Å². The molecule has 2 aliphatic rings. The summed E-state index contributed by atoms with van der Waals surface area (Å²) in [6.45, 7) is -2.33. The summed E-state index contributed by atoms with van der Waals surface area (Å²) < 4.78 is 28.6. The van der Waals surface area contributed by atoms with Crippen molar-refractivity contribution in [2.75, 3.05) is 13.1 Å². The van der Waals surface area contributed by atoms with Crippen LogP contribution in [0.4, 0.5) is 13.6 Å². The number of rotatable bonds is 7. The minimum atomic E-state index is -2.90. The molecule has 2 amide bonds. The third-order valence-electron chi connectivity index (χ3n) is 3.81. The van der Waals surface area contributed by atoms with Crippen LogP contribution in [0, 0.1) is 0 Å². The molecule has 1 saturated heterocycles. The molecule has 10 heteroatoms. The van der Waals surface area contributed by atoms with Gasteiger partial charge in [-0.3, -0.25) is 14.5 Å². The molecule has 27 heavy (non-hydrogen) atoms. The largest absolute Gasteiger partial charge is 0.435 e. The molecule has 1 aliphatic heterocycles. The number of alkyl halides is 2. The number of thioether (sulfide) groups is 1. The maximum atomic E-state index is 12.4. The van der Waals surface area contributed by atoms with Crippen LogP contribution >= 0.6 is 24.0 Å². The zero-order valence-electron chi connectivity index (χ0n) is 14.1. The van der Waals surface area contributed by atoms with Crippen LogP contribution in [-0.4, -0.2) is 46.9 Å². The molecule has 0 atom stereocenters. The standard InChI is InChI=1S/C17H17F2N3O3S2/c18-15(19)25-12-5-1-10(2-6-12)9-13-14(23)22(17(24)27-13)8-7-20-16(26)21-11-3-4-11/h1-2,5-6,9,11,15H,3-4,7-8H2,(H2,20,21,26)/b13-9-. The normalized spacial score (nSPS) is 18.3. The van der Waals surface area contributed by atoms with E-state index >= 15 is 0 Å². The number of carbonyl (C=O) groups excluding carboxylic acids is 2. The van der Waals surface area contributed by atoms with E-state index in [1.54, 1.807) is 6.08 Å². The Morgan fingerprint density at radius 2 is 2.04 bits per heavy atom. The summed E-state index contributed by atoms with van der Waals surface area (Å²) in [4.78, 5) is 25.9. The maximum absolute atomic E-state index is 12.4. The number of halogens is 2. The van der Waals surface area contributed by atoms with Crippen molar-refractivity contribution < 1.29 is 23.1 Å². The molecule has 1 aliphatic carbocycles. The molecular formula is C17H17F2N3O3S2. The topological polar surface area (TPSA) is 70.7 Å². The van der Waals surface area contributed by atoms with Crippen molar-refractivity contribution in [2.24, 2.45) is 0 Å². The van der Waals surface area contributed by atoms with Crippen LogP contribution in [0.3, 0.4) is 0 Å². The van der Waals surface area contributed by atoms with E-state index in [1.807, 2.05) is 0 Å². The molecule has 0 spiro atoms. The molecule has 144 valence electrons. The van der Waals surface area contributed by atoms with Gasteiger partial charge in [-0.15, -0.1) is 0 Å². The third kappa shape index (κ3) is 5.64. The Morgan fingerprint density at radius 3 is 2.67 bits per heavy atom. The maximum Gasteiger partial charge on any atom is 0.387 e. The summed E-state index contributed by atoms with van der Waals surface area (Å²) in [6, 6.07) is 6.26. The van der Waals surface area contributed by atoms with Gasteiger partial charge in [-0.25, -0.2) is 0 Å². The second-order valence-electron chi connectivity index (χ2n) is 5.96. The summed E-state index contributed by atoms with van der Waals surface area (Å²) in [5.74, 6) is -0.363. The molecular weight excluding hydrogens is 396 g/mol. The van der Waals surface area contributed by atoms with E-state index in [1.165, 1.54) is 24.3 Å². The molecule has 1 saturated carbocycles. The van der Waals surface area contributed by atoms with Gasteiger partial charge in [0.2, 0.25) is 0 Å². The van der Waals surface area contributed by atoms with E-state index in [0.717, 1.165) is 29.5 Å². The second-order valence-corrected chi connectivity index (χ2v) is 7.36. The third-order valence-corrected chi connectivity index (χ3v) is 4.98. The lowest BCUT2D eigenvalue weighted by Gasteiger charge is -2.14. The molecule has 1 aromatic rings. The van der Waals surface area contributed by atoms with Crippen molar-refractivity contribution in [1.82, 2.24) is 15.5 Å². The first-order valence-corrected chi connectivity index (χ1v) is 9.49. The van der Waals surface area contributed by atoms with E-state index in [0.29, 0.717) is 23.3 Å². The van der Waals surface area contributed by atoms with E-state index in [-0.39, 0.29) is 28.3 Å². The summed E-state index contributed by atoms with van der Waals surface area (Å²) >= 11 is 5.97. The molecule has 2 N–H and O–H groups in total. The number of nitrogens with one attached hydrogen (secondary N) is 2. The number of benzene rings is 1. The Kier molecular flexibility index (Phi) is 6.27. The number of ether oxygens (including phenoxy) is 1. The highest BCUT2D eigenvalue weighted by Crippen LogP contribution is 2.32. The van der Waals surface area contributed by atoms with Crippen LogP contribution in [0.15, 0.2) is 29.2 Å². The second kappa shape index (κ2) is 8.66. The number of thiocarbonyl (C=S) groups is 1. The van der Waals surface area contributed by atoms with E-state index in [2.05, 4.69) is 15.4 Å². The first-order valence-electron chi connectivity index (χ1n) is 8.27. The predicted octanol–water partition coefficient (Wildman–Crippen LogP) is 2.95. The van der Waals surface area contributed by atoms with Gasteiger partial charge in [0.25, 0.3) is 11.1 Å². The molecule has 2 fully saturated rings. The van der Waals surface area contributed by atoms with Crippen molar-refractivity contribution in [3.63, 3.8) is 0 Å². The van der Waals surface area contributed by atoms with Gasteiger partial charge in [0.1, 0.15) is 5.75 Å². The fraction of sp³-hybridized carbons (Fsp3) is 0.353. The van der Waals surface area contributed by atoms with E-state index in [9.17, 15) is 18.4 Å². The van der Waals surface area contributed by atoms with Crippen molar-refractivity contribution >= 4 is 46.3 Å². The molecule has 0 radical (unpaired) electrons. The van der Waals surface area contributed by atoms with Crippen LogP contribution < -0.4 is 15.4 Å². The first-order chi connectivity index (χ1) is 12.9. The van der Waals surface area contributed by atoms with Gasteiger partial charge in [0.15, 0.2) is 5.11 Å². The summed E-state index contributed by atoms with van der Waals surface area (Å²) in [5.41, 5.74) is 0.607. The van der Waals surface area contributed by atoms with Gasteiger partial charge < -0.3 is 15.4 Å². The van der Waals surface area contributed by atoms with Gasteiger partial charge in [0, 0.05) is 19.1 Å². The van der Waals surface area contributed by atoms with Gasteiger partial charge in [-0.05, 0) is 60.6 Å². The van der Waals surface area contributed by atoms with Crippen LogP contribution in [0.1, 0.15) is 18.4 Å². The van der Waals surface area contributed by atoms with E-state index < -0.39 is 6.61 Å². The minimum absolute atomic E-state index is 0.0251. The zero-order valence-corrected chi connectivity index (χ0v) is 15.7. The molecule has 6 nitrogen and oxygen atoms in total. The number of hydrogen-bond acceptors (Lipinski definition) is 5. The highest BCUT2D eigenvalue weighted by atomic mass is 32.2. The van der Waals surface area contributed by atoms with Gasteiger partial charge in [-0.1, -0.05) is 12.1 Å². The minimum Gasteiger partial charge on any atom is -0.435 e. The average molecular weight is 413 g/mol. The molecule has 3 rings (SSSR count). The highest BCUT2D eigenvalue weighted by molar-refractivity contribution is 8.18. The van der Waals surface area contributed by atoms with Crippen LogP contribution in [0.25, 0.3) is 6.08 Å². The average Bonchev–Trinajstić information content (AvgIpc) is 3.38. The smallest absolute Gasteiger partial charge is 0.387 e. The fourth-order valence-electron chi connectivity index (χ4n) is 2.33. The Morgan fingerprint density at radius 1 is 1.33 bits per heavy atom. The lowest BCUT2D eigenvalue weighted by molar-refractivity contribution is -0.122. The SMILES string of the molecule is O=C1S/C(=C\c2ccc(OC(F)F)cc2)C(=O)N1CCNC(=S)NC1CC1. The molecule has 1 aromatic carbocycles. The van der Waals surface area contributed by atoms with Crippen LogP contribution in [0.2, 0.25) is 0 Å². The quantitative estimate of drug-likeness (QED) is 0.526. The molecule has 1 heterocycles. The highest BCUT2D eigenvalue weighted by Gasteiger charge is 2.34. The van der Waals surface area contributed by atoms with Gasteiger partial charge >= 0.3 is 6.61 Å². The number of nitrogens with zero attached hydrogens (tertiary/aromatic N) is 1. The number of hydrogen-bond donors (Lipinski definition) is 2. The summed E-state index contributed by atoms with van der Waals surface area (Å²) in [7, 11) is 0. The van der Waals surface area contributed by atoms with E-state index in [4.69, 9.17) is 12.2 Å². The van der Waals surface area contributed by atoms with Crippen molar-refractivity contribution in [1.29, 1.82) is 0 Å². The zero-order chi connectivity index (χ0) is 19.4. The monoisotopic (exact) mass is 413 g/mol. The van der Waals surface area contributed by atoms with Crippen LogP contribution in [0.5, 0.6) is 5.75 Å². The van der Waals surface area contributed by atoms with Gasteiger partial charge in [0.05, 0.1) is 4.91 Å². The molecule has 0 unspecified atom stereocenters. The number of imide groups is 1. The Balaban J connectivity index is 1.54. The predicted molar refractivity (Wildman–Crippen MR) is 103 cm³/mol. The van der Waals surface area contributed by atoms with Gasteiger partial charge in [-0.2, -0.15) is 8.78 Å². The Bertz CT molecular complexity index is 767. The summed E-state index contributed by atoms with van der Waals surface area (Å²) in [6.07, 6.45) is 3.75. The molecule has 0 aromatic heterocycles. The lowest BCUT2D eigenvalue weighted by atomic mass is 10.2. The lowest BCUT2D eigenvalue weighted by Crippen LogP contribution is -2.42. The first kappa shape index (κ1) is 19.6. The number of amides is 2. The summed E-state index contributed by atoms with van der Waals surface area (Å²) in [5, 5.41) is 6.26. The van der Waals surface area contributed by atoms with Crippen LogP contribution in [-0.2, 0) is 4.79 Å². The molecule has 0 bridgehead atoms.